The molecule has 1 saturated carbocycles. The molecule has 0 saturated heterocycles. The third-order valence-electron chi connectivity index (χ3n) is 5.26. The van der Waals surface area contributed by atoms with E-state index in [1.807, 2.05) is 0 Å². The van der Waals surface area contributed by atoms with Crippen LogP contribution in [0.25, 0.3) is 5.69 Å². The first-order valence-corrected chi connectivity index (χ1v) is 13.2. The van der Waals surface area contributed by atoms with Crippen molar-refractivity contribution in [2.45, 2.75) is 28.6 Å². The minimum atomic E-state index is -4.15. The van der Waals surface area contributed by atoms with E-state index in [9.17, 15) is 21.6 Å². The summed E-state index contributed by atoms with van der Waals surface area (Å²) in [5, 5.41) is 0. The lowest BCUT2D eigenvalue weighted by molar-refractivity contribution is 0.0600. The van der Waals surface area contributed by atoms with Crippen LogP contribution in [0.1, 0.15) is 34.7 Å². The van der Waals surface area contributed by atoms with Crippen LogP contribution in [0.15, 0.2) is 70.7 Å². The summed E-state index contributed by atoms with van der Waals surface area (Å²) < 4.78 is 60.1. The number of sulfone groups is 1. The summed E-state index contributed by atoms with van der Waals surface area (Å²) in [4.78, 5) is 12.0. The second kappa shape index (κ2) is 8.10. The molecule has 0 spiro atoms. The number of anilines is 1. The highest BCUT2D eigenvalue weighted by molar-refractivity contribution is 7.92. The highest BCUT2D eigenvalue weighted by atomic mass is 32.2. The van der Waals surface area contributed by atoms with E-state index >= 15 is 0 Å². The Labute approximate surface area is 186 Å². The Kier molecular flexibility index (Phi) is 5.59. The van der Waals surface area contributed by atoms with Crippen LogP contribution in [-0.2, 0) is 24.6 Å². The van der Waals surface area contributed by atoms with E-state index in [1.54, 1.807) is 47.3 Å². The summed E-state index contributed by atoms with van der Waals surface area (Å²) in [5.74, 6) is -0.546. The Morgan fingerprint density at radius 3 is 2.31 bits per heavy atom. The summed E-state index contributed by atoms with van der Waals surface area (Å²) in [5.41, 5.74) is 1.30. The first-order valence-electron chi connectivity index (χ1n) is 9.83. The molecule has 0 aliphatic heterocycles. The van der Waals surface area contributed by atoms with Crippen molar-refractivity contribution in [2.75, 3.05) is 18.1 Å². The Hall–Kier alpha value is -3.11. The van der Waals surface area contributed by atoms with Crippen LogP contribution in [-0.4, -0.2) is 40.7 Å². The van der Waals surface area contributed by atoms with Crippen LogP contribution in [0.3, 0.4) is 0 Å². The average Bonchev–Trinajstić information content (AvgIpc) is 3.45. The number of hydrogen-bond donors (Lipinski definition) is 1. The van der Waals surface area contributed by atoms with E-state index in [0.717, 1.165) is 19.1 Å². The average molecular weight is 475 g/mol. The van der Waals surface area contributed by atoms with Gasteiger partial charge in [0, 0.05) is 18.6 Å². The van der Waals surface area contributed by atoms with Crippen molar-refractivity contribution in [1.29, 1.82) is 0 Å². The van der Waals surface area contributed by atoms with Gasteiger partial charge in [0.2, 0.25) is 0 Å². The zero-order valence-electron chi connectivity index (χ0n) is 17.5. The summed E-state index contributed by atoms with van der Waals surface area (Å²) in [6, 6.07) is 12.3. The number of carbonyl (C=O) groups is 1. The van der Waals surface area contributed by atoms with Crippen molar-refractivity contribution in [3.63, 3.8) is 0 Å². The third kappa shape index (κ3) is 4.42. The number of nitrogens with zero attached hydrogens (tertiary/aromatic N) is 1. The van der Waals surface area contributed by atoms with Gasteiger partial charge >= 0.3 is 5.97 Å². The van der Waals surface area contributed by atoms with Gasteiger partial charge in [-0.3, -0.25) is 4.72 Å². The molecule has 0 unspecified atom stereocenters. The molecule has 32 heavy (non-hydrogen) atoms. The number of esters is 1. The molecule has 0 amide bonds. The Morgan fingerprint density at radius 2 is 1.72 bits per heavy atom. The van der Waals surface area contributed by atoms with Gasteiger partial charge in [0.25, 0.3) is 10.0 Å². The molecule has 1 aliphatic rings. The standard InChI is InChI=1S/C22H22N2O6S2/c1-30-22(25)16-7-9-18(15-5-6-15)21(13-16)32(28,29)23-19-14-17(31(2,26)27)8-10-20(19)24-11-3-4-12-24/h3-4,7-15,23H,5-6H2,1-2H3. The zero-order chi connectivity index (χ0) is 23.1. The molecule has 0 radical (unpaired) electrons. The van der Waals surface area contributed by atoms with Gasteiger partial charge < -0.3 is 9.30 Å². The fourth-order valence-electron chi connectivity index (χ4n) is 3.49. The molecule has 0 bridgehead atoms. The minimum Gasteiger partial charge on any atom is -0.465 e. The number of carbonyl (C=O) groups excluding carboxylic acids is 1. The van der Waals surface area contributed by atoms with Gasteiger partial charge in [0.1, 0.15) is 0 Å². The fourth-order valence-corrected chi connectivity index (χ4v) is 5.53. The van der Waals surface area contributed by atoms with E-state index in [0.29, 0.717) is 11.3 Å². The zero-order valence-corrected chi connectivity index (χ0v) is 19.1. The second-order valence-electron chi connectivity index (χ2n) is 7.67. The molecule has 0 atom stereocenters. The molecule has 3 aromatic rings. The Morgan fingerprint density at radius 1 is 1.03 bits per heavy atom. The first-order chi connectivity index (χ1) is 15.1. The molecule has 168 valence electrons. The summed E-state index contributed by atoms with van der Waals surface area (Å²) in [6.07, 6.45) is 6.22. The molecular weight excluding hydrogens is 452 g/mol. The predicted octanol–water partition coefficient (Wildman–Crippen LogP) is 3.35. The van der Waals surface area contributed by atoms with Gasteiger partial charge in [-0.2, -0.15) is 0 Å². The first kappa shape index (κ1) is 22.1. The Balaban J connectivity index is 1.84. The third-order valence-corrected chi connectivity index (χ3v) is 7.80. The predicted molar refractivity (Wildman–Crippen MR) is 119 cm³/mol. The van der Waals surface area contributed by atoms with Gasteiger partial charge in [-0.1, -0.05) is 6.07 Å². The number of methoxy groups -OCH3 is 1. The quantitative estimate of drug-likeness (QED) is 0.526. The van der Waals surface area contributed by atoms with Gasteiger partial charge in [-0.05, 0) is 66.8 Å². The van der Waals surface area contributed by atoms with Crippen molar-refractivity contribution < 1.29 is 26.4 Å². The number of nitrogens with one attached hydrogen (secondary N) is 1. The van der Waals surface area contributed by atoms with Gasteiger partial charge in [-0.15, -0.1) is 0 Å². The SMILES string of the molecule is COC(=O)c1ccc(C2CC2)c(S(=O)(=O)Nc2cc(S(C)(=O)=O)ccc2-n2cccc2)c1. The molecule has 10 heteroatoms. The molecule has 8 nitrogen and oxygen atoms in total. The van der Waals surface area contributed by atoms with E-state index in [1.165, 1.54) is 25.3 Å². The van der Waals surface area contributed by atoms with E-state index in [4.69, 9.17) is 4.74 Å². The maximum absolute atomic E-state index is 13.5. The van der Waals surface area contributed by atoms with E-state index < -0.39 is 25.8 Å². The van der Waals surface area contributed by atoms with Crippen molar-refractivity contribution in [1.82, 2.24) is 4.57 Å². The number of sulfonamides is 1. The highest BCUT2D eigenvalue weighted by Gasteiger charge is 2.32. The van der Waals surface area contributed by atoms with Crippen molar-refractivity contribution in [3.8, 4) is 5.69 Å². The number of aromatic nitrogens is 1. The fraction of sp³-hybridized carbons (Fsp3) is 0.227. The minimum absolute atomic E-state index is 0.0168. The van der Waals surface area contributed by atoms with Crippen LogP contribution >= 0.6 is 0 Å². The lowest BCUT2D eigenvalue weighted by atomic mass is 10.1. The van der Waals surface area contributed by atoms with Crippen molar-refractivity contribution in [2.24, 2.45) is 0 Å². The van der Waals surface area contributed by atoms with Crippen LogP contribution in [0.4, 0.5) is 5.69 Å². The number of rotatable bonds is 7. The van der Waals surface area contributed by atoms with Crippen LogP contribution < -0.4 is 4.72 Å². The number of hydrogen-bond acceptors (Lipinski definition) is 6. The molecule has 1 N–H and O–H groups in total. The lowest BCUT2D eigenvalue weighted by Crippen LogP contribution is -2.18. The lowest BCUT2D eigenvalue weighted by Gasteiger charge is -2.17. The van der Waals surface area contributed by atoms with Crippen molar-refractivity contribution in [3.05, 3.63) is 72.1 Å². The molecule has 4 rings (SSSR count). The largest absolute Gasteiger partial charge is 0.465 e. The summed E-state index contributed by atoms with van der Waals surface area (Å²) in [7, 11) is -6.50. The number of ether oxygens (including phenoxy) is 1. The van der Waals surface area contributed by atoms with Crippen molar-refractivity contribution >= 4 is 31.5 Å². The summed E-state index contributed by atoms with van der Waals surface area (Å²) >= 11 is 0. The molecule has 1 aromatic heterocycles. The van der Waals surface area contributed by atoms with Crippen LogP contribution in [0.2, 0.25) is 0 Å². The van der Waals surface area contributed by atoms with Gasteiger partial charge in [-0.25, -0.2) is 21.6 Å². The maximum atomic E-state index is 13.5. The molecule has 1 aliphatic carbocycles. The molecule has 2 aromatic carbocycles. The maximum Gasteiger partial charge on any atom is 0.337 e. The smallest absolute Gasteiger partial charge is 0.337 e. The van der Waals surface area contributed by atoms with Gasteiger partial charge in [0.05, 0.1) is 33.8 Å². The molecular formula is C22H22N2O6S2. The second-order valence-corrected chi connectivity index (χ2v) is 11.3. The molecule has 1 heterocycles. The highest BCUT2D eigenvalue weighted by Crippen LogP contribution is 2.43. The van der Waals surface area contributed by atoms with E-state index in [2.05, 4.69) is 4.72 Å². The topological polar surface area (TPSA) is 112 Å². The van der Waals surface area contributed by atoms with Gasteiger partial charge in [0.15, 0.2) is 9.84 Å². The van der Waals surface area contributed by atoms with Crippen LogP contribution in [0.5, 0.6) is 0 Å². The van der Waals surface area contributed by atoms with E-state index in [-0.39, 0.29) is 27.0 Å². The normalized spacial score (nSPS) is 14.2. The number of benzene rings is 2. The Bertz CT molecular complexity index is 1390. The van der Waals surface area contributed by atoms with Crippen LogP contribution in [0, 0.1) is 0 Å². The summed E-state index contributed by atoms with van der Waals surface area (Å²) in [6.45, 7) is 0. The monoisotopic (exact) mass is 474 g/mol. The molecule has 1 fully saturated rings.